The van der Waals surface area contributed by atoms with Gasteiger partial charge < -0.3 is 19.7 Å². The third-order valence-corrected chi connectivity index (χ3v) is 6.04. The highest BCUT2D eigenvalue weighted by Crippen LogP contribution is 2.35. The van der Waals surface area contributed by atoms with E-state index >= 15 is 0 Å². The lowest BCUT2D eigenvalue weighted by atomic mass is 10.1. The minimum absolute atomic E-state index is 0.0426. The number of halogens is 1. The molecule has 10 heteroatoms. The highest BCUT2D eigenvalue weighted by Gasteiger charge is 2.23. The number of rotatable bonds is 12. The molecule has 0 saturated heterocycles. The molecule has 0 spiro atoms. The van der Waals surface area contributed by atoms with Crippen LogP contribution in [0.5, 0.6) is 0 Å². The summed E-state index contributed by atoms with van der Waals surface area (Å²) in [7, 11) is 0. The molecule has 41 heavy (non-hydrogen) atoms. The summed E-state index contributed by atoms with van der Waals surface area (Å²) in [6.07, 6.45) is 2.93. The van der Waals surface area contributed by atoms with Crippen molar-refractivity contribution >= 4 is 29.6 Å². The van der Waals surface area contributed by atoms with Gasteiger partial charge in [0.15, 0.2) is 0 Å². The lowest BCUT2D eigenvalue weighted by Gasteiger charge is -2.12. The number of ether oxygens (including phenoxy) is 1. The molecule has 0 aliphatic carbocycles. The fourth-order valence-electron chi connectivity index (χ4n) is 4.20. The predicted octanol–water partition coefficient (Wildman–Crippen LogP) is 5.76. The lowest BCUT2D eigenvalue weighted by Crippen LogP contribution is -2.16. The van der Waals surface area contributed by atoms with Gasteiger partial charge in [0.2, 0.25) is 5.95 Å². The molecule has 2 aromatic carbocycles. The van der Waals surface area contributed by atoms with Crippen LogP contribution in [0.3, 0.4) is 0 Å². The maximum Gasteiger partial charge on any atom is 0.313 e. The number of hydrogen-bond acceptors (Lipinski definition) is 8. The second-order valence-electron chi connectivity index (χ2n) is 9.59. The number of ketones is 1. The molecule has 212 valence electrons. The molecule has 0 amide bonds. The molecule has 1 unspecified atom stereocenters. The van der Waals surface area contributed by atoms with Gasteiger partial charge in [-0.05, 0) is 55.5 Å². The molecule has 0 bridgehead atoms. The molecule has 2 aromatic heterocycles. The summed E-state index contributed by atoms with van der Waals surface area (Å²) in [5.74, 6) is -0.442. The van der Waals surface area contributed by atoms with Gasteiger partial charge in [-0.2, -0.15) is 0 Å². The summed E-state index contributed by atoms with van der Waals surface area (Å²) in [6, 6.07) is 17.3. The van der Waals surface area contributed by atoms with E-state index in [1.54, 1.807) is 42.1 Å². The number of imidazole rings is 1. The Labute approximate surface area is 237 Å². The van der Waals surface area contributed by atoms with Crippen LogP contribution in [0.4, 0.5) is 16.0 Å². The highest BCUT2D eigenvalue weighted by molar-refractivity contribution is 5.95. The number of carbonyl (C=O) groups excluding carboxylic acids is 2. The van der Waals surface area contributed by atoms with Crippen LogP contribution < -0.4 is 5.32 Å². The number of para-hydroxylation sites is 1. The predicted molar refractivity (Wildman–Crippen MR) is 155 cm³/mol. The van der Waals surface area contributed by atoms with E-state index in [1.807, 2.05) is 44.2 Å². The minimum atomic E-state index is -1.15. The van der Waals surface area contributed by atoms with Gasteiger partial charge in [0.1, 0.15) is 23.8 Å². The van der Waals surface area contributed by atoms with E-state index in [-0.39, 0.29) is 24.8 Å². The van der Waals surface area contributed by atoms with Crippen molar-refractivity contribution in [3.8, 4) is 22.6 Å². The second kappa shape index (κ2) is 13.6. The molecule has 0 aliphatic rings. The average molecular weight is 558 g/mol. The van der Waals surface area contributed by atoms with Crippen molar-refractivity contribution in [1.29, 1.82) is 0 Å². The van der Waals surface area contributed by atoms with Crippen molar-refractivity contribution in [2.45, 2.75) is 45.6 Å². The van der Waals surface area contributed by atoms with Gasteiger partial charge in [-0.25, -0.2) is 19.3 Å². The zero-order chi connectivity index (χ0) is 29.4. The van der Waals surface area contributed by atoms with Crippen molar-refractivity contribution in [1.82, 2.24) is 19.5 Å². The Morgan fingerprint density at radius 1 is 1.07 bits per heavy atom. The number of hydrogen-bond donors (Lipinski definition) is 2. The number of Topliss-reactive ketones (excluding diaryl/α,β-unsaturated/α-hetero) is 1. The van der Waals surface area contributed by atoms with Gasteiger partial charge >= 0.3 is 5.97 Å². The first kappa shape index (κ1) is 29.3. The first-order valence-corrected chi connectivity index (χ1v) is 13.3. The summed E-state index contributed by atoms with van der Waals surface area (Å²) in [5.41, 5.74) is 3.19. The van der Waals surface area contributed by atoms with Gasteiger partial charge in [-0.3, -0.25) is 9.59 Å². The van der Waals surface area contributed by atoms with Gasteiger partial charge in [0.05, 0.1) is 29.8 Å². The van der Waals surface area contributed by atoms with E-state index in [1.165, 1.54) is 18.2 Å². The molecule has 0 radical (unpaired) electrons. The Morgan fingerprint density at radius 2 is 1.80 bits per heavy atom. The SMILES string of the molecule is CCOC(=O)CC(=O)CC(O)C=Cn1c(C(C)C)nc(-c2ccc(F)cc2)c1-c1ccnc(Nc2ccccc2)n1. The minimum Gasteiger partial charge on any atom is -0.466 e. The molecule has 0 aliphatic heterocycles. The van der Waals surface area contributed by atoms with Crippen molar-refractivity contribution in [2.75, 3.05) is 11.9 Å². The van der Waals surface area contributed by atoms with Crippen LogP contribution in [-0.4, -0.2) is 49.1 Å². The Morgan fingerprint density at radius 3 is 2.49 bits per heavy atom. The zero-order valence-corrected chi connectivity index (χ0v) is 23.1. The molecular formula is C31H32FN5O4. The quantitative estimate of drug-likeness (QED) is 0.167. The number of aromatic nitrogens is 4. The fourth-order valence-corrected chi connectivity index (χ4v) is 4.20. The monoisotopic (exact) mass is 557 g/mol. The van der Waals surface area contributed by atoms with Crippen LogP contribution >= 0.6 is 0 Å². The Balaban J connectivity index is 1.75. The summed E-state index contributed by atoms with van der Waals surface area (Å²) >= 11 is 0. The fraction of sp³-hybridized carbons (Fsp3) is 0.258. The maximum absolute atomic E-state index is 13.8. The first-order valence-electron chi connectivity index (χ1n) is 13.3. The lowest BCUT2D eigenvalue weighted by molar-refractivity contribution is -0.145. The van der Waals surface area contributed by atoms with Gasteiger partial charge in [0.25, 0.3) is 0 Å². The summed E-state index contributed by atoms with van der Waals surface area (Å²) in [5, 5.41) is 13.8. The molecule has 4 rings (SSSR count). The molecule has 0 saturated carbocycles. The second-order valence-corrected chi connectivity index (χ2v) is 9.59. The summed E-state index contributed by atoms with van der Waals surface area (Å²) < 4.78 is 20.4. The molecule has 0 fully saturated rings. The average Bonchev–Trinajstić information content (AvgIpc) is 3.33. The number of anilines is 2. The van der Waals surface area contributed by atoms with Crippen LogP contribution in [0, 0.1) is 5.82 Å². The van der Waals surface area contributed by atoms with Crippen LogP contribution in [0.15, 0.2) is 72.9 Å². The van der Waals surface area contributed by atoms with E-state index in [2.05, 4.69) is 10.3 Å². The Hall–Kier alpha value is -4.70. The van der Waals surface area contributed by atoms with Gasteiger partial charge in [-0.15, -0.1) is 0 Å². The van der Waals surface area contributed by atoms with E-state index in [4.69, 9.17) is 14.7 Å². The number of esters is 1. The number of nitrogens with one attached hydrogen (secondary N) is 1. The maximum atomic E-state index is 13.8. The van der Waals surface area contributed by atoms with Crippen molar-refractivity contribution in [3.63, 3.8) is 0 Å². The Bertz CT molecular complexity index is 1520. The number of carbonyl (C=O) groups is 2. The normalized spacial score (nSPS) is 12.0. The largest absolute Gasteiger partial charge is 0.466 e. The van der Waals surface area contributed by atoms with E-state index < -0.39 is 24.3 Å². The van der Waals surface area contributed by atoms with Crippen molar-refractivity contribution in [3.05, 3.63) is 84.6 Å². The molecule has 1 atom stereocenters. The standard InChI is InChI=1S/C31H32FN5O4/c1-4-41-27(40)19-25(39)18-24(38)15-17-37-29(26-14-16-33-31(35-26)34-23-8-6-5-7-9-23)28(36-30(37)20(2)3)21-10-12-22(32)13-11-21/h5-17,20,24,38H,4,18-19H2,1-3H3,(H,33,34,35). The number of aliphatic hydroxyl groups is 1. The third kappa shape index (κ3) is 7.70. The van der Waals surface area contributed by atoms with E-state index in [0.29, 0.717) is 34.4 Å². The molecule has 2 heterocycles. The summed E-state index contributed by atoms with van der Waals surface area (Å²) in [4.78, 5) is 37.9. The van der Waals surface area contributed by atoms with Crippen molar-refractivity contribution < 1.29 is 23.8 Å². The molecule has 9 nitrogen and oxygen atoms in total. The number of nitrogens with zero attached hydrogens (tertiary/aromatic N) is 4. The smallest absolute Gasteiger partial charge is 0.313 e. The highest BCUT2D eigenvalue weighted by atomic mass is 19.1. The number of aliphatic hydroxyl groups excluding tert-OH is 1. The number of benzene rings is 2. The van der Waals surface area contributed by atoms with Crippen LogP contribution in [0.1, 0.15) is 45.4 Å². The van der Waals surface area contributed by atoms with E-state index in [9.17, 15) is 19.1 Å². The molecule has 4 aromatic rings. The van der Waals surface area contributed by atoms with Gasteiger partial charge in [0, 0.05) is 36.0 Å². The van der Waals surface area contributed by atoms with Crippen LogP contribution in [0.25, 0.3) is 28.8 Å². The van der Waals surface area contributed by atoms with Crippen LogP contribution in [0.2, 0.25) is 0 Å². The van der Waals surface area contributed by atoms with Crippen LogP contribution in [-0.2, 0) is 14.3 Å². The summed E-state index contributed by atoms with van der Waals surface area (Å²) in [6.45, 7) is 5.80. The first-order chi connectivity index (χ1) is 19.7. The topological polar surface area (TPSA) is 119 Å². The zero-order valence-electron chi connectivity index (χ0n) is 23.1. The van der Waals surface area contributed by atoms with Crippen molar-refractivity contribution in [2.24, 2.45) is 0 Å². The molecule has 2 N–H and O–H groups in total. The third-order valence-electron chi connectivity index (χ3n) is 6.04. The Kier molecular flexibility index (Phi) is 9.70. The molecular weight excluding hydrogens is 525 g/mol. The van der Waals surface area contributed by atoms with Gasteiger partial charge in [-0.1, -0.05) is 32.0 Å². The van der Waals surface area contributed by atoms with E-state index in [0.717, 1.165) is 5.69 Å².